The summed E-state index contributed by atoms with van der Waals surface area (Å²) >= 11 is 0. The molecule has 12 heteroatoms. The van der Waals surface area contributed by atoms with Crippen LogP contribution in [0.15, 0.2) is 11.1 Å². The topological polar surface area (TPSA) is 151 Å². The Labute approximate surface area is 136 Å². The molecule has 1 unspecified atom stereocenters. The minimum Gasteiger partial charge on any atom is -0.788 e. The molecule has 1 aliphatic heterocycles. The van der Waals surface area contributed by atoms with E-state index in [9.17, 15) is 14.3 Å². The minimum absolute atomic E-state index is 0.0226. The van der Waals surface area contributed by atoms with Gasteiger partial charge >= 0.3 is 0 Å². The van der Waals surface area contributed by atoms with Gasteiger partial charge in [0.2, 0.25) is 5.95 Å². The maximum atomic E-state index is 12.2. The molecule has 0 aliphatic carbocycles. The molecule has 2 aromatic rings. The fourth-order valence-corrected chi connectivity index (χ4v) is 3.82. The van der Waals surface area contributed by atoms with Crippen LogP contribution in [0, 0.1) is 0 Å². The molecule has 1 atom stereocenters. The number of ether oxygens (including phenoxy) is 2. The van der Waals surface area contributed by atoms with Crippen molar-refractivity contribution in [3.63, 3.8) is 0 Å². The molecule has 0 saturated carbocycles. The quantitative estimate of drug-likeness (QED) is 0.468. The van der Waals surface area contributed by atoms with E-state index in [1.807, 2.05) is 0 Å². The Bertz CT molecular complexity index is 814. The van der Waals surface area contributed by atoms with Crippen molar-refractivity contribution >= 4 is 24.6 Å². The Hall–Kier alpha value is -1.78. The van der Waals surface area contributed by atoms with Gasteiger partial charge in [-0.1, -0.05) is 0 Å². The third-order valence-corrected chi connectivity index (χ3v) is 5.67. The number of morpholine rings is 1. The minimum atomic E-state index is -3.68. The van der Waals surface area contributed by atoms with Gasteiger partial charge in [-0.3, -0.25) is 19.0 Å². The lowest BCUT2D eigenvalue weighted by Gasteiger charge is -2.38. The van der Waals surface area contributed by atoms with Gasteiger partial charge in [0.15, 0.2) is 11.2 Å². The molecule has 0 spiro atoms. The van der Waals surface area contributed by atoms with E-state index in [1.165, 1.54) is 15.6 Å². The van der Waals surface area contributed by atoms with Crippen molar-refractivity contribution in [2.75, 3.05) is 44.8 Å². The molecule has 3 heterocycles. The van der Waals surface area contributed by atoms with Crippen LogP contribution in [0.4, 0.5) is 5.95 Å². The van der Waals surface area contributed by atoms with Crippen LogP contribution in [0.3, 0.4) is 0 Å². The number of aromatic nitrogens is 4. The summed E-state index contributed by atoms with van der Waals surface area (Å²) in [7, 11) is -3.68. The molecule has 11 nitrogen and oxygen atoms in total. The fourth-order valence-electron chi connectivity index (χ4n) is 2.41. The number of rotatable bonds is 6. The lowest BCUT2D eigenvalue weighted by molar-refractivity contribution is -0.191. The summed E-state index contributed by atoms with van der Waals surface area (Å²) in [6.07, 6.45) is 1.29. The van der Waals surface area contributed by atoms with Gasteiger partial charge in [-0.2, -0.15) is 4.98 Å². The van der Waals surface area contributed by atoms with Crippen LogP contribution in [-0.4, -0.2) is 63.3 Å². The Morgan fingerprint density at radius 2 is 2.21 bits per heavy atom. The van der Waals surface area contributed by atoms with E-state index in [4.69, 9.17) is 15.2 Å². The summed E-state index contributed by atoms with van der Waals surface area (Å²) in [6, 6.07) is 0. The number of nitrogens with one attached hydrogen (secondary N) is 1. The Balaban J connectivity index is 1.57. The van der Waals surface area contributed by atoms with Crippen molar-refractivity contribution in [1.82, 2.24) is 24.2 Å². The second kappa shape index (κ2) is 6.99. The van der Waals surface area contributed by atoms with E-state index in [2.05, 4.69) is 15.0 Å². The summed E-state index contributed by atoms with van der Waals surface area (Å²) in [5.74, 6) is -0.0226. The number of nitrogens with two attached hydrogens (primary N) is 1. The first-order chi connectivity index (χ1) is 11.5. The van der Waals surface area contributed by atoms with Crippen molar-refractivity contribution in [2.24, 2.45) is 0 Å². The number of anilines is 1. The van der Waals surface area contributed by atoms with E-state index in [1.54, 1.807) is 0 Å². The normalized spacial score (nSPS) is 18.7. The molecule has 24 heavy (non-hydrogen) atoms. The number of nitrogens with zero attached hydrogens (tertiary/aromatic N) is 4. The number of fused-ring (bicyclic) bond motifs is 1. The van der Waals surface area contributed by atoms with Crippen LogP contribution in [-0.2, 0) is 20.8 Å². The third kappa shape index (κ3) is 3.65. The number of aromatic amines is 1. The predicted octanol–water partition coefficient (Wildman–Crippen LogP) is -1.44. The standard InChI is InChI=1S/C12H19N6O5P/c13-12-15-10-9(11(19)16-12)14-7-17(10)8-23-5-6-24(20,21)18-1-3-22-4-2-18/h7H,1-6,8H2,(H,20,21)(H3,13,15,16,19)/p-1. The van der Waals surface area contributed by atoms with Crippen molar-refractivity contribution in [1.29, 1.82) is 0 Å². The van der Waals surface area contributed by atoms with E-state index in [0.717, 1.165) is 0 Å². The van der Waals surface area contributed by atoms with Crippen LogP contribution in [0.1, 0.15) is 0 Å². The number of imidazole rings is 1. The highest BCUT2D eigenvalue weighted by Crippen LogP contribution is 2.40. The van der Waals surface area contributed by atoms with Gasteiger partial charge in [0.25, 0.3) is 5.56 Å². The highest BCUT2D eigenvalue weighted by molar-refractivity contribution is 7.54. The molecule has 132 valence electrons. The van der Waals surface area contributed by atoms with Gasteiger partial charge < -0.3 is 24.7 Å². The number of hydrogen-bond acceptors (Lipinski definition) is 8. The number of nitrogen functional groups attached to an aromatic ring is 1. The summed E-state index contributed by atoms with van der Waals surface area (Å²) in [5.41, 5.74) is 5.50. The van der Waals surface area contributed by atoms with E-state index < -0.39 is 13.1 Å². The van der Waals surface area contributed by atoms with Gasteiger partial charge in [-0.05, 0) is 0 Å². The lowest BCUT2D eigenvalue weighted by atomic mass is 10.5. The second-order valence-electron chi connectivity index (χ2n) is 5.30. The SMILES string of the molecule is Nc1nc2c(ncn2COCCP(=O)([O-])N2CCOCC2)c(=O)[nH]1. The second-order valence-corrected chi connectivity index (χ2v) is 7.59. The first-order valence-electron chi connectivity index (χ1n) is 7.39. The zero-order valence-corrected chi connectivity index (χ0v) is 13.8. The summed E-state index contributed by atoms with van der Waals surface area (Å²) in [6.45, 7) is 1.62. The Morgan fingerprint density at radius 3 is 2.96 bits per heavy atom. The lowest BCUT2D eigenvalue weighted by Crippen LogP contribution is -2.38. The first-order valence-corrected chi connectivity index (χ1v) is 9.15. The summed E-state index contributed by atoms with van der Waals surface area (Å²) in [5, 5.41) is 0. The van der Waals surface area contributed by atoms with Crippen molar-refractivity contribution in [2.45, 2.75) is 6.73 Å². The molecule has 2 aromatic heterocycles. The molecular formula is C12H18N6O5P-. The van der Waals surface area contributed by atoms with E-state index >= 15 is 0 Å². The summed E-state index contributed by atoms with van der Waals surface area (Å²) < 4.78 is 25.6. The molecule has 0 radical (unpaired) electrons. The molecule has 1 aliphatic rings. The fraction of sp³-hybridized carbons (Fsp3) is 0.583. The van der Waals surface area contributed by atoms with Gasteiger partial charge in [0, 0.05) is 19.3 Å². The summed E-state index contributed by atoms with van der Waals surface area (Å²) in [4.78, 5) is 34.1. The van der Waals surface area contributed by atoms with Crippen LogP contribution in [0.25, 0.3) is 11.2 Å². The number of hydrogen-bond donors (Lipinski definition) is 2. The molecule has 0 aromatic carbocycles. The van der Waals surface area contributed by atoms with Gasteiger partial charge in [-0.15, -0.1) is 0 Å². The van der Waals surface area contributed by atoms with Crippen LogP contribution in [0.5, 0.6) is 0 Å². The van der Waals surface area contributed by atoms with Gasteiger partial charge in [0.1, 0.15) is 6.73 Å². The zero-order valence-electron chi connectivity index (χ0n) is 12.9. The first kappa shape index (κ1) is 17.1. The highest BCUT2D eigenvalue weighted by atomic mass is 31.2. The van der Waals surface area contributed by atoms with Gasteiger partial charge in [0.05, 0.1) is 33.7 Å². The van der Waals surface area contributed by atoms with Crippen molar-refractivity contribution < 1.29 is 18.9 Å². The van der Waals surface area contributed by atoms with Gasteiger partial charge in [-0.25, -0.2) is 4.98 Å². The average molecular weight is 357 g/mol. The average Bonchev–Trinajstić information content (AvgIpc) is 2.96. The van der Waals surface area contributed by atoms with Crippen molar-refractivity contribution in [3.05, 3.63) is 16.7 Å². The molecule has 0 amide bonds. The van der Waals surface area contributed by atoms with Crippen LogP contribution in [0.2, 0.25) is 0 Å². The van der Waals surface area contributed by atoms with Crippen LogP contribution >= 0.6 is 7.52 Å². The largest absolute Gasteiger partial charge is 0.788 e. The predicted molar refractivity (Wildman–Crippen MR) is 83.4 cm³/mol. The Morgan fingerprint density at radius 1 is 1.46 bits per heavy atom. The van der Waals surface area contributed by atoms with Crippen LogP contribution < -0.4 is 16.2 Å². The number of H-pyrrole nitrogens is 1. The zero-order chi connectivity index (χ0) is 17.2. The monoisotopic (exact) mass is 357 g/mol. The molecule has 3 rings (SSSR count). The van der Waals surface area contributed by atoms with E-state index in [0.29, 0.717) is 26.3 Å². The van der Waals surface area contributed by atoms with E-state index in [-0.39, 0.29) is 36.6 Å². The molecular weight excluding hydrogens is 339 g/mol. The maximum absolute atomic E-state index is 12.2. The molecule has 0 bridgehead atoms. The molecule has 1 fully saturated rings. The smallest absolute Gasteiger partial charge is 0.280 e. The van der Waals surface area contributed by atoms with Crippen molar-refractivity contribution in [3.8, 4) is 0 Å². The highest BCUT2D eigenvalue weighted by Gasteiger charge is 2.21. The third-order valence-electron chi connectivity index (χ3n) is 3.66. The molecule has 1 saturated heterocycles. The Kier molecular flexibility index (Phi) is 4.97. The molecule has 3 N–H and O–H groups in total. The maximum Gasteiger partial charge on any atom is 0.280 e.